The van der Waals surface area contributed by atoms with Gasteiger partial charge in [0.15, 0.2) is 0 Å². The number of carbonyl (C=O) groups excluding carboxylic acids is 1. The van der Waals surface area contributed by atoms with Crippen LogP contribution in [0.15, 0.2) is 0 Å². The molecule has 0 aromatic carbocycles. The zero-order valence-electron chi connectivity index (χ0n) is 8.30. The van der Waals surface area contributed by atoms with Gasteiger partial charge in [0.05, 0.1) is 0 Å². The maximum absolute atomic E-state index is 11.4. The van der Waals surface area contributed by atoms with Crippen LogP contribution in [-0.2, 0) is 4.79 Å². The Morgan fingerprint density at radius 2 is 2.46 bits per heavy atom. The molecule has 0 aromatic heterocycles. The molecule has 1 rings (SSSR count). The lowest BCUT2D eigenvalue weighted by Gasteiger charge is -2.30. The van der Waals surface area contributed by atoms with Crippen LogP contribution in [0.25, 0.3) is 0 Å². The Morgan fingerprint density at radius 1 is 1.77 bits per heavy atom. The first-order valence-electron chi connectivity index (χ1n) is 4.80. The molecule has 3 nitrogen and oxygen atoms in total. The maximum atomic E-state index is 11.4. The molecule has 2 unspecified atom stereocenters. The van der Waals surface area contributed by atoms with Crippen LogP contribution in [0.4, 0.5) is 0 Å². The van der Waals surface area contributed by atoms with E-state index in [1.54, 1.807) is 0 Å². The Labute approximate surface area is 83.8 Å². The summed E-state index contributed by atoms with van der Waals surface area (Å²) in [5.41, 5.74) is 5.01. The van der Waals surface area contributed by atoms with Gasteiger partial charge in [-0.1, -0.05) is 13.8 Å². The first-order valence-corrected chi connectivity index (χ1v) is 5.85. The number of primary amides is 1. The molecule has 1 amide bonds. The quantitative estimate of drug-likeness (QED) is 0.707. The summed E-state index contributed by atoms with van der Waals surface area (Å²) in [6.45, 7) is 5.04. The first kappa shape index (κ1) is 10.9. The molecule has 0 spiro atoms. The van der Waals surface area contributed by atoms with Crippen molar-refractivity contribution in [2.75, 3.05) is 12.3 Å². The lowest BCUT2D eigenvalue weighted by Crippen LogP contribution is -2.59. The summed E-state index contributed by atoms with van der Waals surface area (Å²) >= 11 is 1.82. The highest BCUT2D eigenvalue weighted by molar-refractivity contribution is 8.00. The highest BCUT2D eigenvalue weighted by atomic mass is 32.2. The number of nitrogens with one attached hydrogen (secondary N) is 1. The molecule has 0 aliphatic carbocycles. The average molecular weight is 202 g/mol. The van der Waals surface area contributed by atoms with E-state index in [1.165, 1.54) is 0 Å². The number of rotatable bonds is 4. The van der Waals surface area contributed by atoms with E-state index in [-0.39, 0.29) is 5.91 Å². The zero-order chi connectivity index (χ0) is 9.90. The zero-order valence-corrected chi connectivity index (χ0v) is 9.12. The Balaban J connectivity index is 2.68. The van der Waals surface area contributed by atoms with Crippen LogP contribution in [0.1, 0.15) is 26.7 Å². The second kappa shape index (κ2) is 4.33. The molecule has 2 atom stereocenters. The Morgan fingerprint density at radius 3 is 2.85 bits per heavy atom. The molecular weight excluding hydrogens is 184 g/mol. The summed E-state index contributed by atoms with van der Waals surface area (Å²) in [6.07, 6.45) is 1.90. The van der Waals surface area contributed by atoms with Gasteiger partial charge in [0.25, 0.3) is 0 Å². The molecule has 0 bridgehead atoms. The van der Waals surface area contributed by atoms with E-state index >= 15 is 0 Å². The van der Waals surface area contributed by atoms with Crippen LogP contribution in [0.5, 0.6) is 0 Å². The van der Waals surface area contributed by atoms with Gasteiger partial charge in [-0.3, -0.25) is 4.79 Å². The minimum Gasteiger partial charge on any atom is -0.368 e. The molecule has 1 aliphatic heterocycles. The van der Waals surface area contributed by atoms with E-state index in [2.05, 4.69) is 19.2 Å². The fourth-order valence-electron chi connectivity index (χ4n) is 1.73. The van der Waals surface area contributed by atoms with Gasteiger partial charge in [-0.15, -0.1) is 0 Å². The normalized spacial score (nSPS) is 33.5. The van der Waals surface area contributed by atoms with Gasteiger partial charge >= 0.3 is 0 Å². The molecule has 1 aliphatic rings. The SMILES string of the molecule is CCCNC1(C(N)=O)CCSC1C. The Bertz CT molecular complexity index is 198. The van der Waals surface area contributed by atoms with Crippen LogP contribution in [0.3, 0.4) is 0 Å². The van der Waals surface area contributed by atoms with Crippen molar-refractivity contribution >= 4 is 17.7 Å². The molecule has 76 valence electrons. The van der Waals surface area contributed by atoms with E-state index in [9.17, 15) is 4.79 Å². The molecule has 0 radical (unpaired) electrons. The standard InChI is InChI=1S/C9H18N2OS/c1-3-5-11-9(8(10)12)4-6-13-7(9)2/h7,11H,3-6H2,1-2H3,(H2,10,12). The molecule has 1 saturated heterocycles. The molecular formula is C9H18N2OS. The smallest absolute Gasteiger partial charge is 0.238 e. The number of thioether (sulfide) groups is 1. The third-order valence-electron chi connectivity index (χ3n) is 2.69. The van der Waals surface area contributed by atoms with Crippen molar-refractivity contribution in [2.45, 2.75) is 37.5 Å². The number of hydrogen-bond acceptors (Lipinski definition) is 3. The first-order chi connectivity index (χ1) is 6.13. The van der Waals surface area contributed by atoms with Gasteiger partial charge in [0.2, 0.25) is 5.91 Å². The Hall–Kier alpha value is -0.220. The second-order valence-corrected chi connectivity index (χ2v) is 4.97. The van der Waals surface area contributed by atoms with Gasteiger partial charge in [0, 0.05) is 5.25 Å². The fourth-order valence-corrected chi connectivity index (χ4v) is 3.13. The highest BCUT2D eigenvalue weighted by Crippen LogP contribution is 2.35. The summed E-state index contributed by atoms with van der Waals surface area (Å²) in [7, 11) is 0. The average Bonchev–Trinajstić information content (AvgIpc) is 2.45. The van der Waals surface area contributed by atoms with Crippen LogP contribution >= 0.6 is 11.8 Å². The monoisotopic (exact) mass is 202 g/mol. The predicted molar refractivity (Wildman–Crippen MR) is 56.8 cm³/mol. The largest absolute Gasteiger partial charge is 0.368 e. The van der Waals surface area contributed by atoms with Crippen molar-refractivity contribution in [1.82, 2.24) is 5.32 Å². The summed E-state index contributed by atoms with van der Waals surface area (Å²) in [5, 5.41) is 3.60. The van der Waals surface area contributed by atoms with Crippen molar-refractivity contribution in [3.63, 3.8) is 0 Å². The topological polar surface area (TPSA) is 55.1 Å². The second-order valence-electron chi connectivity index (χ2n) is 3.53. The predicted octanol–water partition coefficient (Wildman–Crippen LogP) is 0.735. The summed E-state index contributed by atoms with van der Waals surface area (Å²) in [5.74, 6) is 0.833. The molecule has 1 fully saturated rings. The Kier molecular flexibility index (Phi) is 3.62. The van der Waals surface area contributed by atoms with E-state index in [4.69, 9.17) is 5.73 Å². The molecule has 1 heterocycles. The number of carbonyl (C=O) groups is 1. The minimum atomic E-state index is -0.444. The van der Waals surface area contributed by atoms with Gasteiger partial charge < -0.3 is 11.1 Å². The van der Waals surface area contributed by atoms with E-state index < -0.39 is 5.54 Å². The van der Waals surface area contributed by atoms with Gasteiger partial charge in [-0.05, 0) is 25.1 Å². The van der Waals surface area contributed by atoms with Crippen molar-refractivity contribution in [3.05, 3.63) is 0 Å². The van der Waals surface area contributed by atoms with E-state index in [1.807, 2.05) is 11.8 Å². The summed E-state index contributed by atoms with van der Waals surface area (Å²) in [4.78, 5) is 11.4. The lowest BCUT2D eigenvalue weighted by atomic mass is 9.92. The van der Waals surface area contributed by atoms with Gasteiger partial charge in [0.1, 0.15) is 5.54 Å². The summed E-state index contributed by atoms with van der Waals surface area (Å²) in [6, 6.07) is 0. The van der Waals surface area contributed by atoms with Crippen molar-refractivity contribution < 1.29 is 4.79 Å². The lowest BCUT2D eigenvalue weighted by molar-refractivity contribution is -0.124. The van der Waals surface area contributed by atoms with Crippen molar-refractivity contribution in [2.24, 2.45) is 5.73 Å². The maximum Gasteiger partial charge on any atom is 0.238 e. The fraction of sp³-hybridized carbons (Fsp3) is 0.889. The molecule has 0 saturated carbocycles. The minimum absolute atomic E-state index is 0.196. The molecule has 0 aromatic rings. The number of hydrogen-bond donors (Lipinski definition) is 2. The van der Waals surface area contributed by atoms with Gasteiger partial charge in [-0.25, -0.2) is 0 Å². The molecule has 13 heavy (non-hydrogen) atoms. The van der Waals surface area contributed by atoms with Crippen LogP contribution in [0.2, 0.25) is 0 Å². The molecule has 3 N–H and O–H groups in total. The van der Waals surface area contributed by atoms with Crippen molar-refractivity contribution in [3.8, 4) is 0 Å². The third-order valence-corrected chi connectivity index (χ3v) is 4.03. The molecule has 4 heteroatoms. The highest BCUT2D eigenvalue weighted by Gasteiger charge is 2.45. The third kappa shape index (κ3) is 1.99. The van der Waals surface area contributed by atoms with Gasteiger partial charge in [-0.2, -0.15) is 11.8 Å². The van der Waals surface area contributed by atoms with Crippen LogP contribution in [-0.4, -0.2) is 29.0 Å². The number of amides is 1. The van der Waals surface area contributed by atoms with Crippen molar-refractivity contribution in [1.29, 1.82) is 0 Å². The van der Waals surface area contributed by atoms with Crippen LogP contribution in [0, 0.1) is 0 Å². The summed E-state index contributed by atoms with van der Waals surface area (Å²) < 4.78 is 0. The van der Waals surface area contributed by atoms with E-state index in [0.717, 1.165) is 25.1 Å². The number of nitrogens with two attached hydrogens (primary N) is 1. The van der Waals surface area contributed by atoms with E-state index in [0.29, 0.717) is 5.25 Å². The van der Waals surface area contributed by atoms with Crippen LogP contribution < -0.4 is 11.1 Å².